The third-order valence-electron chi connectivity index (χ3n) is 5.55. The Morgan fingerprint density at radius 1 is 0.848 bits per heavy atom. The van der Waals surface area contributed by atoms with Gasteiger partial charge in [0.25, 0.3) is 5.91 Å². The molecular weight excluding hydrogens is 436 g/mol. The second-order valence-corrected chi connectivity index (χ2v) is 8.20. The maximum Gasteiger partial charge on any atom is 0.260 e. The topological polar surface area (TPSA) is 49.9 Å². The first-order chi connectivity index (χ1) is 16.1. The number of halogens is 1. The Morgan fingerprint density at radius 2 is 1.52 bits per heavy atom. The molecule has 1 heterocycles. The van der Waals surface area contributed by atoms with Gasteiger partial charge < -0.3 is 14.5 Å². The van der Waals surface area contributed by atoms with Crippen molar-refractivity contribution in [1.82, 2.24) is 4.90 Å². The second-order valence-electron chi connectivity index (χ2n) is 7.77. The summed E-state index contributed by atoms with van der Waals surface area (Å²) in [5.41, 5.74) is 2.64. The van der Waals surface area contributed by atoms with Gasteiger partial charge in [-0.1, -0.05) is 48.0 Å². The molecule has 168 valence electrons. The Balaban J connectivity index is 1.23. The number of amides is 1. The van der Waals surface area contributed by atoms with Crippen molar-refractivity contribution in [3.05, 3.63) is 101 Å². The van der Waals surface area contributed by atoms with Gasteiger partial charge in [0.2, 0.25) is 0 Å². The van der Waals surface area contributed by atoms with Crippen molar-refractivity contribution in [3.63, 3.8) is 0 Å². The first-order valence-corrected chi connectivity index (χ1v) is 11.2. The molecular formula is C27H25ClN2O3. The third-order valence-corrected chi connectivity index (χ3v) is 5.80. The van der Waals surface area contributed by atoms with Gasteiger partial charge in [0, 0.05) is 42.5 Å². The molecule has 0 bridgehead atoms. The van der Waals surface area contributed by atoms with E-state index >= 15 is 0 Å². The Morgan fingerprint density at radius 3 is 2.18 bits per heavy atom. The highest BCUT2D eigenvalue weighted by molar-refractivity contribution is 6.30. The average Bonchev–Trinajstić information content (AvgIpc) is 2.87. The number of hydrogen-bond donors (Lipinski definition) is 0. The maximum absolute atomic E-state index is 12.5. The highest BCUT2D eigenvalue weighted by atomic mass is 35.5. The lowest BCUT2D eigenvalue weighted by molar-refractivity contribution is -0.133. The summed E-state index contributed by atoms with van der Waals surface area (Å²) in [6.07, 6.45) is 3.27. The van der Waals surface area contributed by atoms with Crippen molar-refractivity contribution in [2.75, 3.05) is 37.7 Å². The predicted octanol–water partition coefficient (Wildman–Crippen LogP) is 4.96. The first-order valence-electron chi connectivity index (χ1n) is 10.9. The number of ketones is 1. The number of hydrogen-bond acceptors (Lipinski definition) is 4. The number of benzene rings is 3. The van der Waals surface area contributed by atoms with Crippen LogP contribution in [0.3, 0.4) is 0 Å². The molecule has 1 aliphatic heterocycles. The normalized spacial score (nSPS) is 13.8. The number of rotatable bonds is 7. The molecule has 1 aliphatic rings. The maximum atomic E-state index is 12.5. The van der Waals surface area contributed by atoms with Crippen LogP contribution in [0.25, 0.3) is 6.08 Å². The Bertz CT molecular complexity index is 1100. The van der Waals surface area contributed by atoms with E-state index in [2.05, 4.69) is 17.0 Å². The number of allylic oxidation sites excluding steroid dienone is 1. The van der Waals surface area contributed by atoms with Gasteiger partial charge in [-0.05, 0) is 60.2 Å². The van der Waals surface area contributed by atoms with Crippen LogP contribution >= 0.6 is 11.6 Å². The molecule has 33 heavy (non-hydrogen) atoms. The smallest absolute Gasteiger partial charge is 0.260 e. The molecule has 3 aromatic carbocycles. The van der Waals surface area contributed by atoms with Crippen LogP contribution in [0.5, 0.6) is 5.75 Å². The summed E-state index contributed by atoms with van der Waals surface area (Å²) in [5.74, 6) is 0.512. The lowest BCUT2D eigenvalue weighted by Gasteiger charge is -2.36. The largest absolute Gasteiger partial charge is 0.484 e. The molecule has 0 saturated carbocycles. The molecule has 0 aromatic heterocycles. The van der Waals surface area contributed by atoms with E-state index in [-0.39, 0.29) is 18.3 Å². The van der Waals surface area contributed by atoms with E-state index < -0.39 is 0 Å². The summed E-state index contributed by atoms with van der Waals surface area (Å²) in [6, 6.07) is 24.3. The van der Waals surface area contributed by atoms with E-state index in [1.165, 1.54) is 11.8 Å². The van der Waals surface area contributed by atoms with Crippen molar-refractivity contribution < 1.29 is 14.3 Å². The van der Waals surface area contributed by atoms with Crippen LogP contribution in [0.2, 0.25) is 5.02 Å². The molecule has 1 saturated heterocycles. The van der Waals surface area contributed by atoms with Crippen molar-refractivity contribution in [1.29, 1.82) is 0 Å². The van der Waals surface area contributed by atoms with Gasteiger partial charge in [0.1, 0.15) is 5.75 Å². The minimum atomic E-state index is -0.0926. The van der Waals surface area contributed by atoms with Gasteiger partial charge in [-0.25, -0.2) is 0 Å². The molecule has 1 fully saturated rings. The lowest BCUT2D eigenvalue weighted by atomic mass is 10.1. The summed E-state index contributed by atoms with van der Waals surface area (Å²) < 4.78 is 5.69. The van der Waals surface area contributed by atoms with Gasteiger partial charge in [-0.3, -0.25) is 9.59 Å². The van der Waals surface area contributed by atoms with Gasteiger partial charge in [-0.2, -0.15) is 0 Å². The minimum Gasteiger partial charge on any atom is -0.484 e. The van der Waals surface area contributed by atoms with Crippen molar-refractivity contribution >= 4 is 35.1 Å². The molecule has 0 atom stereocenters. The first kappa shape index (κ1) is 22.6. The second kappa shape index (κ2) is 10.8. The predicted molar refractivity (Wildman–Crippen MR) is 132 cm³/mol. The molecule has 0 N–H and O–H groups in total. The van der Waals surface area contributed by atoms with Gasteiger partial charge in [0.15, 0.2) is 12.4 Å². The fourth-order valence-electron chi connectivity index (χ4n) is 3.65. The zero-order valence-corrected chi connectivity index (χ0v) is 18.9. The molecule has 0 unspecified atom stereocenters. The highest BCUT2D eigenvalue weighted by Crippen LogP contribution is 2.17. The van der Waals surface area contributed by atoms with Crippen molar-refractivity contribution in [2.45, 2.75) is 0 Å². The fourth-order valence-corrected chi connectivity index (χ4v) is 3.77. The monoisotopic (exact) mass is 460 g/mol. The van der Waals surface area contributed by atoms with Crippen LogP contribution in [-0.4, -0.2) is 49.4 Å². The van der Waals surface area contributed by atoms with Crippen molar-refractivity contribution in [3.8, 4) is 5.75 Å². The summed E-state index contributed by atoms with van der Waals surface area (Å²) in [7, 11) is 0. The molecule has 0 spiro atoms. The average molecular weight is 461 g/mol. The van der Waals surface area contributed by atoms with Crippen LogP contribution in [0.15, 0.2) is 84.9 Å². The molecule has 4 rings (SSSR count). The number of anilines is 1. The van der Waals surface area contributed by atoms with E-state index in [0.717, 1.165) is 18.7 Å². The highest BCUT2D eigenvalue weighted by Gasteiger charge is 2.21. The quantitative estimate of drug-likeness (QED) is 0.369. The summed E-state index contributed by atoms with van der Waals surface area (Å²) in [4.78, 5) is 28.9. The Labute approximate surface area is 198 Å². The van der Waals surface area contributed by atoms with Crippen LogP contribution < -0.4 is 9.64 Å². The van der Waals surface area contributed by atoms with E-state index in [1.54, 1.807) is 42.5 Å². The molecule has 0 aliphatic carbocycles. The Kier molecular flexibility index (Phi) is 7.43. The molecule has 0 radical (unpaired) electrons. The van der Waals surface area contributed by atoms with Gasteiger partial charge in [-0.15, -0.1) is 0 Å². The fraction of sp³-hybridized carbons (Fsp3) is 0.185. The van der Waals surface area contributed by atoms with E-state index in [1.807, 2.05) is 35.2 Å². The number of piperazine rings is 1. The zero-order valence-electron chi connectivity index (χ0n) is 18.2. The van der Waals surface area contributed by atoms with E-state index in [0.29, 0.717) is 29.4 Å². The van der Waals surface area contributed by atoms with Crippen LogP contribution in [0, 0.1) is 0 Å². The summed E-state index contributed by atoms with van der Waals surface area (Å²) in [5, 5.41) is 0.596. The molecule has 6 heteroatoms. The minimum absolute atomic E-state index is 0.00950. The SMILES string of the molecule is O=C(C=Cc1ccc(OCC(=O)N2CCN(c3ccccc3)CC2)cc1)c1ccc(Cl)cc1. The molecule has 5 nitrogen and oxygen atoms in total. The standard InChI is InChI=1S/C27H25ClN2O3/c28-23-11-9-22(10-12-23)26(31)15-8-21-6-13-25(14-7-21)33-20-27(32)30-18-16-29(17-19-30)24-4-2-1-3-5-24/h1-15H,16-20H2. The number of carbonyl (C=O) groups excluding carboxylic acids is 2. The summed E-state index contributed by atoms with van der Waals surface area (Å²) in [6.45, 7) is 3.00. The van der Waals surface area contributed by atoms with Crippen molar-refractivity contribution in [2.24, 2.45) is 0 Å². The molecule has 3 aromatic rings. The number of nitrogens with zero attached hydrogens (tertiary/aromatic N) is 2. The number of carbonyl (C=O) groups is 2. The summed E-state index contributed by atoms with van der Waals surface area (Å²) >= 11 is 5.86. The lowest BCUT2D eigenvalue weighted by Crippen LogP contribution is -2.50. The van der Waals surface area contributed by atoms with Crippen LogP contribution in [0.1, 0.15) is 15.9 Å². The van der Waals surface area contributed by atoms with Gasteiger partial charge in [0.05, 0.1) is 0 Å². The van der Waals surface area contributed by atoms with E-state index in [9.17, 15) is 9.59 Å². The number of para-hydroxylation sites is 1. The van der Waals surface area contributed by atoms with Crippen LogP contribution in [-0.2, 0) is 4.79 Å². The zero-order chi connectivity index (χ0) is 23.0. The Hall–Kier alpha value is -3.57. The van der Waals surface area contributed by atoms with Crippen LogP contribution in [0.4, 0.5) is 5.69 Å². The number of ether oxygens (including phenoxy) is 1. The third kappa shape index (κ3) is 6.24. The van der Waals surface area contributed by atoms with Gasteiger partial charge >= 0.3 is 0 Å². The molecule has 1 amide bonds. The van der Waals surface area contributed by atoms with E-state index in [4.69, 9.17) is 16.3 Å².